The minimum Gasteiger partial charge on any atom is -0.437 e. The molecule has 2 aromatic carbocycles. The Kier molecular flexibility index (Phi) is 15.7. The maximum Gasteiger partial charge on any atom is 0.374 e. The minimum absolute atomic E-state index is 0.0441. The van der Waals surface area contributed by atoms with Crippen LogP contribution in [0.1, 0.15) is 83.5 Å². The molecule has 4 N–H and O–H groups in total. The van der Waals surface area contributed by atoms with Gasteiger partial charge in [-0.05, 0) is 147 Å². The third-order valence-corrected chi connectivity index (χ3v) is 13.8. The van der Waals surface area contributed by atoms with E-state index in [-0.39, 0.29) is 29.9 Å². The molecule has 4 aliphatic rings. The molecule has 2 saturated heterocycles. The zero-order valence-electron chi connectivity index (χ0n) is 35.1. The zero-order valence-corrected chi connectivity index (χ0v) is 39.8. The fourth-order valence-electron chi connectivity index (χ4n) is 9.25. The predicted octanol–water partition coefficient (Wildman–Crippen LogP) is 6.88. The van der Waals surface area contributed by atoms with E-state index >= 15 is 0 Å². The highest BCUT2D eigenvalue weighted by atomic mass is 79.9. The first-order valence-corrected chi connectivity index (χ1v) is 23.8. The number of hydrogen-bond acceptors (Lipinski definition) is 9. The van der Waals surface area contributed by atoms with E-state index in [1.54, 1.807) is 6.82 Å². The summed E-state index contributed by atoms with van der Waals surface area (Å²) in [5.74, 6) is 0.117. The van der Waals surface area contributed by atoms with Crippen molar-refractivity contribution in [1.82, 2.24) is 34.8 Å². The van der Waals surface area contributed by atoms with Crippen LogP contribution in [0.4, 0.5) is 0 Å². The first kappa shape index (κ1) is 46.1. The summed E-state index contributed by atoms with van der Waals surface area (Å²) in [6.45, 7) is 11.4. The maximum atomic E-state index is 13.0. The van der Waals surface area contributed by atoms with Crippen molar-refractivity contribution >= 4 is 73.9 Å². The van der Waals surface area contributed by atoms with Gasteiger partial charge in [-0.2, -0.15) is 0 Å². The Balaban J connectivity index is 0.000000185. The molecule has 324 valence electrons. The molecule has 11 nitrogen and oxygen atoms in total. The molecule has 0 saturated carbocycles. The van der Waals surface area contributed by atoms with Crippen LogP contribution in [-0.4, -0.2) is 118 Å². The third-order valence-electron chi connectivity index (χ3n) is 12.5. The van der Waals surface area contributed by atoms with Gasteiger partial charge in [-0.1, -0.05) is 49.2 Å². The fraction of sp³-hybridized carbons (Fsp3) is 0.467. The number of rotatable bonds is 8. The van der Waals surface area contributed by atoms with Crippen LogP contribution in [0.25, 0.3) is 0 Å². The van der Waals surface area contributed by atoms with Crippen molar-refractivity contribution in [2.45, 2.75) is 83.4 Å². The first-order valence-electron chi connectivity index (χ1n) is 21.5. The molecule has 0 bridgehead atoms. The second-order valence-corrected chi connectivity index (χ2v) is 19.1. The predicted molar refractivity (Wildman–Crippen MR) is 251 cm³/mol. The van der Waals surface area contributed by atoms with E-state index < -0.39 is 13.1 Å². The molecule has 0 radical (unpaired) electrons. The van der Waals surface area contributed by atoms with E-state index in [1.807, 2.05) is 48.2 Å². The summed E-state index contributed by atoms with van der Waals surface area (Å²) in [6.07, 6.45) is 8.81. The number of piperazine rings is 2. The monoisotopic (exact) mass is 994 g/mol. The number of fused-ring (bicyclic) bond motifs is 4. The van der Waals surface area contributed by atoms with Crippen molar-refractivity contribution in [3.05, 3.63) is 125 Å². The topological polar surface area (TPSA) is 131 Å². The molecule has 0 spiro atoms. The molecular formula is C45H55BBr2Cl2N8O3. The molecule has 16 heteroatoms. The lowest BCUT2D eigenvalue weighted by Gasteiger charge is -2.40. The number of aromatic nitrogens is 2. The van der Waals surface area contributed by atoms with Gasteiger partial charge in [0.05, 0.1) is 35.6 Å². The van der Waals surface area contributed by atoms with Gasteiger partial charge in [0.1, 0.15) is 0 Å². The highest BCUT2D eigenvalue weighted by Crippen LogP contribution is 2.40. The number of amides is 2. The number of nitrogens with two attached hydrogens (primary N) is 1. The Morgan fingerprint density at radius 3 is 1.56 bits per heavy atom. The first-order chi connectivity index (χ1) is 29.3. The Bertz CT molecular complexity index is 2100. The number of nitrogens with one attached hydrogen (secondary N) is 1. The average molecular weight is 998 g/mol. The summed E-state index contributed by atoms with van der Waals surface area (Å²) in [7, 11) is -0.707. The van der Waals surface area contributed by atoms with Crippen molar-refractivity contribution in [2.24, 2.45) is 5.73 Å². The molecule has 61 heavy (non-hydrogen) atoms. The van der Waals surface area contributed by atoms with Crippen molar-refractivity contribution in [3.8, 4) is 0 Å². The van der Waals surface area contributed by atoms with Crippen LogP contribution < -0.4 is 11.0 Å². The highest BCUT2D eigenvalue weighted by molar-refractivity contribution is 9.10. The van der Waals surface area contributed by atoms with Gasteiger partial charge in [-0.25, -0.2) is 0 Å². The summed E-state index contributed by atoms with van der Waals surface area (Å²) in [5.41, 5.74) is 15.8. The van der Waals surface area contributed by atoms with Gasteiger partial charge in [-0.15, -0.1) is 0 Å². The summed E-state index contributed by atoms with van der Waals surface area (Å²) in [5, 5.41) is 14.2. The summed E-state index contributed by atoms with van der Waals surface area (Å²) >= 11 is 19.8. The van der Waals surface area contributed by atoms with Crippen LogP contribution in [0.15, 0.2) is 69.9 Å². The van der Waals surface area contributed by atoms with E-state index in [9.17, 15) is 14.6 Å². The summed E-state index contributed by atoms with van der Waals surface area (Å²) in [4.78, 5) is 43.8. The largest absolute Gasteiger partial charge is 0.437 e. The molecule has 2 fully saturated rings. The SMILES string of the molecule is CCC(NB(C)O)C(=O)N1CCN(C2c3ccc(Cl)cc3CCc3cc(Br)cnc32)CC1.CC[C@H](N)C(=O)N1CCN(C2c3ccc(Cl)cc3CCc3cc(Br)cnc32)CC1. The number of nitrogens with zero attached hydrogens (tertiary/aromatic N) is 6. The van der Waals surface area contributed by atoms with Crippen LogP contribution in [0.2, 0.25) is 16.9 Å². The van der Waals surface area contributed by atoms with Crippen molar-refractivity contribution in [3.63, 3.8) is 0 Å². The smallest absolute Gasteiger partial charge is 0.374 e. The molecule has 2 amide bonds. The second kappa shape index (κ2) is 20.7. The van der Waals surface area contributed by atoms with E-state index in [2.05, 4.69) is 83.3 Å². The highest BCUT2D eigenvalue weighted by Gasteiger charge is 2.36. The Morgan fingerprint density at radius 2 is 1.15 bits per heavy atom. The van der Waals surface area contributed by atoms with Gasteiger partial charge in [0.15, 0.2) is 0 Å². The van der Waals surface area contributed by atoms with Crippen LogP contribution in [0, 0.1) is 0 Å². The number of aryl methyl sites for hydroxylation is 4. The third kappa shape index (κ3) is 10.7. The lowest BCUT2D eigenvalue weighted by Crippen LogP contribution is -2.56. The van der Waals surface area contributed by atoms with E-state index in [4.69, 9.17) is 38.9 Å². The van der Waals surface area contributed by atoms with E-state index in [0.717, 1.165) is 82.2 Å². The van der Waals surface area contributed by atoms with Gasteiger partial charge in [0, 0.05) is 83.7 Å². The Hall–Kier alpha value is -2.92. The minimum atomic E-state index is -0.707. The number of carbonyl (C=O) groups excluding carboxylic acids is 2. The standard InChI is InChI=1S/C23H29BBrClN4O2.C22H26BrClN4O/c1-3-20(28-24(2)32)23(31)30-10-8-29(9-11-30)22-19-7-6-18(26)13-15(19)4-5-16-12-17(25)14-27-21(16)22;1-2-19(25)22(29)28-9-7-27(8-10-28)21-18-6-5-17(24)12-14(18)3-4-15-11-16(23)13-26-20(15)21/h6-7,12-14,20,22,28,32H,3-5,8-11H2,1-2H3;5-6,11-13,19,21H,2-4,7-10,25H2,1H3/t;19-,21?/m.0/s1. The average Bonchev–Trinajstić information content (AvgIpc) is 3.52. The Morgan fingerprint density at radius 1 is 0.721 bits per heavy atom. The quantitative estimate of drug-likeness (QED) is 0.162. The maximum absolute atomic E-state index is 13.0. The number of benzene rings is 2. The van der Waals surface area contributed by atoms with Crippen LogP contribution in [0.5, 0.6) is 0 Å². The zero-order chi connectivity index (χ0) is 43.4. The molecule has 4 aromatic rings. The van der Waals surface area contributed by atoms with E-state index in [1.165, 1.54) is 33.4 Å². The molecule has 2 aliphatic heterocycles. The van der Waals surface area contributed by atoms with Crippen molar-refractivity contribution in [1.29, 1.82) is 0 Å². The fourth-order valence-corrected chi connectivity index (χ4v) is 10.4. The normalized spacial score (nSPS) is 20.1. The summed E-state index contributed by atoms with van der Waals surface area (Å²) < 4.78 is 1.99. The molecule has 8 rings (SSSR count). The number of halogens is 4. The second-order valence-electron chi connectivity index (χ2n) is 16.4. The molecule has 2 aromatic heterocycles. The lowest BCUT2D eigenvalue weighted by molar-refractivity contribution is -0.135. The van der Waals surface area contributed by atoms with Crippen LogP contribution >= 0.6 is 55.1 Å². The van der Waals surface area contributed by atoms with Gasteiger partial charge in [-0.3, -0.25) is 29.4 Å². The Labute approximate surface area is 387 Å². The lowest BCUT2D eigenvalue weighted by atomic mass is 9.86. The van der Waals surface area contributed by atoms with Crippen molar-refractivity contribution < 1.29 is 14.6 Å². The molecule has 3 unspecified atom stereocenters. The van der Waals surface area contributed by atoms with Crippen LogP contribution in [0.3, 0.4) is 0 Å². The summed E-state index contributed by atoms with van der Waals surface area (Å²) in [6, 6.07) is 16.1. The van der Waals surface area contributed by atoms with Gasteiger partial charge < -0.3 is 25.8 Å². The number of carbonyl (C=O) groups is 2. The van der Waals surface area contributed by atoms with Gasteiger partial charge in [0.2, 0.25) is 11.8 Å². The van der Waals surface area contributed by atoms with Crippen molar-refractivity contribution in [2.75, 3.05) is 52.4 Å². The van der Waals surface area contributed by atoms with E-state index in [0.29, 0.717) is 39.0 Å². The molecule has 4 atom stereocenters. The van der Waals surface area contributed by atoms with Gasteiger partial charge in [0.25, 0.3) is 0 Å². The van der Waals surface area contributed by atoms with Gasteiger partial charge >= 0.3 is 7.05 Å². The molecule has 2 aliphatic carbocycles. The van der Waals surface area contributed by atoms with Crippen LogP contribution in [-0.2, 0) is 35.3 Å². The molecular weight excluding hydrogens is 942 g/mol. The number of pyridine rings is 2. The number of hydrogen-bond donors (Lipinski definition) is 3. The molecule has 4 heterocycles.